The number of para-hydroxylation sites is 1. The second kappa shape index (κ2) is 7.78. The van der Waals surface area contributed by atoms with Gasteiger partial charge in [0.1, 0.15) is 5.82 Å². The Balaban J connectivity index is 1.61. The zero-order valence-corrected chi connectivity index (χ0v) is 14.3. The summed E-state index contributed by atoms with van der Waals surface area (Å²) in [5.74, 6) is -1.15. The molecule has 10 heteroatoms. The van der Waals surface area contributed by atoms with Crippen LogP contribution in [-0.4, -0.2) is 21.9 Å². The molecule has 140 valence electrons. The normalized spacial score (nSPS) is 11.4. The van der Waals surface area contributed by atoms with Crippen molar-refractivity contribution in [3.8, 4) is 11.5 Å². The molecule has 1 aromatic heterocycles. The maximum atomic E-state index is 12.9. The quantitative estimate of drug-likeness (QED) is 0.502. The van der Waals surface area contributed by atoms with Gasteiger partial charge in [-0.2, -0.15) is 13.2 Å². The van der Waals surface area contributed by atoms with E-state index in [1.165, 1.54) is 42.5 Å². The molecule has 0 aliphatic carbocycles. The standard InChI is InChI=1S/C17H11F4N3O2S/c18-11-7-5-10(6-8-11)15-23-24-16(26-15)27-9-14(25)22-13-4-2-1-3-12(13)17(19,20)21/h1-8H,9H2,(H,22,25). The first-order chi connectivity index (χ1) is 12.8. The van der Waals surface area contributed by atoms with Gasteiger partial charge in [-0.15, -0.1) is 10.2 Å². The van der Waals surface area contributed by atoms with Gasteiger partial charge in [-0.3, -0.25) is 4.79 Å². The van der Waals surface area contributed by atoms with E-state index in [1.807, 2.05) is 0 Å². The van der Waals surface area contributed by atoms with Crippen molar-refractivity contribution in [1.82, 2.24) is 10.2 Å². The third kappa shape index (κ3) is 4.85. The van der Waals surface area contributed by atoms with Crippen molar-refractivity contribution in [1.29, 1.82) is 0 Å². The highest BCUT2D eigenvalue weighted by molar-refractivity contribution is 7.99. The average Bonchev–Trinajstić information content (AvgIpc) is 3.09. The van der Waals surface area contributed by atoms with Crippen LogP contribution in [0.2, 0.25) is 0 Å². The lowest BCUT2D eigenvalue weighted by molar-refractivity contribution is -0.137. The number of hydrogen-bond donors (Lipinski definition) is 1. The van der Waals surface area contributed by atoms with Crippen molar-refractivity contribution in [3.05, 3.63) is 59.9 Å². The van der Waals surface area contributed by atoms with Crippen LogP contribution in [0.3, 0.4) is 0 Å². The summed E-state index contributed by atoms with van der Waals surface area (Å²) in [5, 5.41) is 9.81. The third-order valence-electron chi connectivity index (χ3n) is 3.33. The Bertz CT molecular complexity index is 942. The van der Waals surface area contributed by atoms with E-state index in [0.29, 0.717) is 5.56 Å². The average molecular weight is 397 g/mol. The molecule has 5 nitrogen and oxygen atoms in total. The number of aromatic nitrogens is 2. The molecule has 0 aliphatic rings. The van der Waals surface area contributed by atoms with E-state index in [4.69, 9.17) is 4.42 Å². The lowest BCUT2D eigenvalue weighted by atomic mass is 10.1. The zero-order chi connectivity index (χ0) is 19.4. The molecule has 0 unspecified atom stereocenters. The Morgan fingerprint density at radius 1 is 1.07 bits per heavy atom. The van der Waals surface area contributed by atoms with Crippen molar-refractivity contribution in [2.75, 3.05) is 11.1 Å². The summed E-state index contributed by atoms with van der Waals surface area (Å²) in [6.45, 7) is 0. The molecule has 1 heterocycles. The Morgan fingerprint density at radius 2 is 1.78 bits per heavy atom. The minimum absolute atomic E-state index is 0.0635. The summed E-state index contributed by atoms with van der Waals surface area (Å²) in [5.41, 5.74) is -0.757. The van der Waals surface area contributed by atoms with Crippen LogP contribution in [0, 0.1) is 5.82 Å². The van der Waals surface area contributed by atoms with Crippen LogP contribution < -0.4 is 5.32 Å². The highest BCUT2D eigenvalue weighted by Gasteiger charge is 2.33. The van der Waals surface area contributed by atoms with Crippen LogP contribution >= 0.6 is 11.8 Å². The molecule has 3 rings (SSSR count). The molecule has 0 atom stereocenters. The monoisotopic (exact) mass is 397 g/mol. The lowest BCUT2D eigenvalue weighted by Crippen LogP contribution is -2.18. The summed E-state index contributed by atoms with van der Waals surface area (Å²) in [6, 6.07) is 10.1. The number of thioether (sulfide) groups is 1. The maximum absolute atomic E-state index is 12.9. The Hall–Kier alpha value is -2.88. The Morgan fingerprint density at radius 3 is 2.48 bits per heavy atom. The number of nitrogens with one attached hydrogen (secondary N) is 1. The first-order valence-electron chi connectivity index (χ1n) is 7.51. The van der Waals surface area contributed by atoms with Crippen LogP contribution in [0.15, 0.2) is 58.2 Å². The van der Waals surface area contributed by atoms with E-state index in [9.17, 15) is 22.4 Å². The Labute approximate surface area is 154 Å². The van der Waals surface area contributed by atoms with Gasteiger partial charge in [-0.25, -0.2) is 4.39 Å². The van der Waals surface area contributed by atoms with Crippen LogP contribution in [0.25, 0.3) is 11.5 Å². The number of amides is 1. The van der Waals surface area contributed by atoms with Crippen LogP contribution in [-0.2, 0) is 11.0 Å². The summed E-state index contributed by atoms with van der Waals surface area (Å²) in [6.07, 6.45) is -4.58. The van der Waals surface area contributed by atoms with Gasteiger partial charge in [0, 0.05) is 5.56 Å². The predicted molar refractivity (Wildman–Crippen MR) is 90.5 cm³/mol. The highest BCUT2D eigenvalue weighted by atomic mass is 32.2. The third-order valence-corrected chi connectivity index (χ3v) is 4.15. The van der Waals surface area contributed by atoms with Crippen molar-refractivity contribution in [2.24, 2.45) is 0 Å². The molecule has 0 fully saturated rings. The number of benzene rings is 2. The van der Waals surface area contributed by atoms with Gasteiger partial charge in [0.2, 0.25) is 11.8 Å². The number of alkyl halides is 3. The molecule has 0 saturated carbocycles. The fourth-order valence-corrected chi connectivity index (χ4v) is 2.69. The first kappa shape index (κ1) is 18.9. The minimum Gasteiger partial charge on any atom is -0.411 e. The minimum atomic E-state index is -4.58. The second-order valence-corrected chi connectivity index (χ2v) is 6.19. The van der Waals surface area contributed by atoms with E-state index in [2.05, 4.69) is 15.5 Å². The van der Waals surface area contributed by atoms with Gasteiger partial charge in [-0.05, 0) is 36.4 Å². The molecule has 0 spiro atoms. The fraction of sp³-hybridized carbons (Fsp3) is 0.118. The van der Waals surface area contributed by atoms with Gasteiger partial charge in [0.25, 0.3) is 5.22 Å². The number of carbonyl (C=O) groups is 1. The zero-order valence-electron chi connectivity index (χ0n) is 13.5. The SMILES string of the molecule is O=C(CSc1nnc(-c2ccc(F)cc2)o1)Nc1ccccc1C(F)(F)F. The van der Waals surface area contributed by atoms with Crippen molar-refractivity contribution < 1.29 is 26.8 Å². The number of hydrogen-bond acceptors (Lipinski definition) is 5. The molecule has 0 radical (unpaired) electrons. The lowest BCUT2D eigenvalue weighted by Gasteiger charge is -2.13. The topological polar surface area (TPSA) is 68.0 Å². The fourth-order valence-electron chi connectivity index (χ4n) is 2.13. The summed E-state index contributed by atoms with van der Waals surface area (Å²) in [4.78, 5) is 11.9. The molecule has 27 heavy (non-hydrogen) atoms. The molecule has 1 N–H and O–H groups in total. The highest BCUT2D eigenvalue weighted by Crippen LogP contribution is 2.34. The van der Waals surface area contributed by atoms with Gasteiger partial charge in [0.05, 0.1) is 17.0 Å². The van der Waals surface area contributed by atoms with Gasteiger partial charge < -0.3 is 9.73 Å². The van der Waals surface area contributed by atoms with Crippen LogP contribution in [0.5, 0.6) is 0 Å². The molecule has 2 aromatic carbocycles. The maximum Gasteiger partial charge on any atom is 0.418 e. The summed E-state index contributed by atoms with van der Waals surface area (Å²) >= 11 is 0.872. The number of halogens is 4. The van der Waals surface area contributed by atoms with Gasteiger partial charge in [0.15, 0.2) is 0 Å². The number of carbonyl (C=O) groups excluding carboxylic acids is 1. The van der Waals surface area contributed by atoms with Crippen molar-refractivity contribution in [3.63, 3.8) is 0 Å². The molecule has 1 amide bonds. The van der Waals surface area contributed by atoms with E-state index in [0.717, 1.165) is 17.8 Å². The number of rotatable bonds is 5. The summed E-state index contributed by atoms with van der Waals surface area (Å²) in [7, 11) is 0. The van der Waals surface area contributed by atoms with Gasteiger partial charge >= 0.3 is 6.18 Å². The van der Waals surface area contributed by atoms with Gasteiger partial charge in [-0.1, -0.05) is 23.9 Å². The van der Waals surface area contributed by atoms with E-state index in [1.54, 1.807) is 0 Å². The molecule has 0 bridgehead atoms. The van der Waals surface area contributed by atoms with E-state index in [-0.39, 0.29) is 22.6 Å². The van der Waals surface area contributed by atoms with Crippen LogP contribution in [0.1, 0.15) is 5.56 Å². The predicted octanol–water partition coefficient (Wildman–Crippen LogP) is 4.63. The van der Waals surface area contributed by atoms with Crippen molar-refractivity contribution in [2.45, 2.75) is 11.4 Å². The van der Waals surface area contributed by atoms with E-state index < -0.39 is 23.5 Å². The second-order valence-electron chi connectivity index (χ2n) is 5.26. The summed E-state index contributed by atoms with van der Waals surface area (Å²) < 4.78 is 57.0. The molecule has 3 aromatic rings. The smallest absolute Gasteiger partial charge is 0.411 e. The van der Waals surface area contributed by atoms with E-state index >= 15 is 0 Å². The molecule has 0 aliphatic heterocycles. The molecular formula is C17H11F4N3O2S. The number of anilines is 1. The van der Waals surface area contributed by atoms with Crippen LogP contribution in [0.4, 0.5) is 23.2 Å². The molecule has 0 saturated heterocycles. The Kier molecular flexibility index (Phi) is 5.45. The number of nitrogens with zero attached hydrogens (tertiary/aromatic N) is 2. The van der Waals surface area contributed by atoms with Crippen molar-refractivity contribution >= 4 is 23.4 Å². The largest absolute Gasteiger partial charge is 0.418 e. The first-order valence-corrected chi connectivity index (χ1v) is 8.50. The molecular weight excluding hydrogens is 386 g/mol.